The largest absolute Gasteiger partial charge is 0.311 e. The highest BCUT2D eigenvalue weighted by atomic mass is 79.9. The number of hydrogen-bond donors (Lipinski definition) is 0. The van der Waals surface area contributed by atoms with Gasteiger partial charge in [-0.3, -0.25) is 4.79 Å². The summed E-state index contributed by atoms with van der Waals surface area (Å²) in [5.41, 5.74) is 9.35. The molecule has 1 unspecified atom stereocenters. The Morgan fingerprint density at radius 3 is 3.11 bits per heavy atom. The second-order valence-electron chi connectivity index (χ2n) is 4.23. The van der Waals surface area contributed by atoms with Gasteiger partial charge in [0.25, 0.3) is 0 Å². The Bertz CT molecular complexity index is 603. The van der Waals surface area contributed by atoms with Crippen LogP contribution in [0.25, 0.3) is 10.4 Å². The van der Waals surface area contributed by atoms with E-state index in [-0.39, 0.29) is 11.8 Å². The molecule has 0 N–H and O–H groups in total. The summed E-state index contributed by atoms with van der Waals surface area (Å²) < 4.78 is 0.666. The number of nitriles is 1. The van der Waals surface area contributed by atoms with Gasteiger partial charge in [-0.2, -0.15) is 5.26 Å². The molecule has 1 aromatic rings. The first-order chi connectivity index (χ1) is 9.17. The van der Waals surface area contributed by atoms with E-state index >= 15 is 0 Å². The highest BCUT2D eigenvalue weighted by Gasteiger charge is 2.31. The molecular formula is C12H10BrN5O. The molecule has 1 amide bonds. The summed E-state index contributed by atoms with van der Waals surface area (Å²) >= 11 is 3.30. The van der Waals surface area contributed by atoms with Gasteiger partial charge in [-0.15, -0.1) is 0 Å². The molecule has 2 rings (SSSR count). The van der Waals surface area contributed by atoms with Crippen LogP contribution < -0.4 is 4.90 Å². The fraction of sp³-hybridized carbons (Fsp3) is 0.333. The Morgan fingerprint density at radius 2 is 2.42 bits per heavy atom. The van der Waals surface area contributed by atoms with E-state index in [1.165, 1.54) is 0 Å². The van der Waals surface area contributed by atoms with Crippen molar-refractivity contribution in [2.24, 2.45) is 11.0 Å². The van der Waals surface area contributed by atoms with Crippen LogP contribution in [0.3, 0.4) is 0 Å². The minimum atomic E-state index is -0.0484. The molecule has 1 saturated heterocycles. The monoisotopic (exact) mass is 319 g/mol. The number of nitrogens with zero attached hydrogens (tertiary/aromatic N) is 5. The van der Waals surface area contributed by atoms with Crippen molar-refractivity contribution in [1.82, 2.24) is 0 Å². The van der Waals surface area contributed by atoms with Crippen molar-refractivity contribution < 1.29 is 4.79 Å². The Kier molecular flexibility index (Phi) is 4.05. The van der Waals surface area contributed by atoms with Gasteiger partial charge in [0.1, 0.15) is 6.07 Å². The summed E-state index contributed by atoms with van der Waals surface area (Å²) in [6.07, 6.45) is 0.344. The van der Waals surface area contributed by atoms with E-state index in [0.29, 0.717) is 35.2 Å². The van der Waals surface area contributed by atoms with Crippen molar-refractivity contribution in [2.75, 3.05) is 18.0 Å². The maximum Gasteiger partial charge on any atom is 0.227 e. The maximum absolute atomic E-state index is 12.0. The molecule has 1 aliphatic rings. The van der Waals surface area contributed by atoms with Crippen LogP contribution in [0.2, 0.25) is 0 Å². The van der Waals surface area contributed by atoms with E-state index in [2.05, 4.69) is 32.0 Å². The van der Waals surface area contributed by atoms with Gasteiger partial charge in [0.15, 0.2) is 0 Å². The zero-order valence-electron chi connectivity index (χ0n) is 9.95. The molecule has 0 spiro atoms. The van der Waals surface area contributed by atoms with Gasteiger partial charge >= 0.3 is 0 Å². The zero-order chi connectivity index (χ0) is 13.8. The minimum Gasteiger partial charge on any atom is -0.311 e. The molecule has 0 bridgehead atoms. The van der Waals surface area contributed by atoms with Crippen molar-refractivity contribution in [3.05, 3.63) is 38.7 Å². The second kappa shape index (κ2) is 5.74. The van der Waals surface area contributed by atoms with Gasteiger partial charge in [-0.05, 0) is 39.5 Å². The summed E-state index contributed by atoms with van der Waals surface area (Å²) in [7, 11) is 0. The van der Waals surface area contributed by atoms with Crippen LogP contribution in [0.15, 0.2) is 27.8 Å². The number of benzene rings is 1. The third kappa shape index (κ3) is 2.70. The van der Waals surface area contributed by atoms with Gasteiger partial charge in [0.05, 0.1) is 11.3 Å². The number of azide groups is 1. The fourth-order valence-corrected chi connectivity index (χ4v) is 2.58. The molecular weight excluding hydrogens is 310 g/mol. The molecule has 0 aromatic heterocycles. The maximum atomic E-state index is 12.0. The molecule has 19 heavy (non-hydrogen) atoms. The molecule has 7 heteroatoms. The van der Waals surface area contributed by atoms with Gasteiger partial charge < -0.3 is 4.90 Å². The van der Waals surface area contributed by atoms with Crippen LogP contribution >= 0.6 is 15.9 Å². The summed E-state index contributed by atoms with van der Waals surface area (Å²) in [6.45, 7) is 0.775. The minimum absolute atomic E-state index is 0.00826. The lowest BCUT2D eigenvalue weighted by molar-refractivity contribution is -0.117. The number of rotatable bonds is 3. The van der Waals surface area contributed by atoms with Crippen molar-refractivity contribution in [3.8, 4) is 6.07 Å². The van der Waals surface area contributed by atoms with Gasteiger partial charge in [-0.25, -0.2) is 0 Å². The lowest BCUT2D eigenvalue weighted by atomic mass is 10.1. The van der Waals surface area contributed by atoms with Crippen LogP contribution in [0.1, 0.15) is 12.0 Å². The lowest BCUT2D eigenvalue weighted by Crippen LogP contribution is -2.25. The quantitative estimate of drug-likeness (QED) is 0.486. The number of halogens is 1. The summed E-state index contributed by atoms with van der Waals surface area (Å²) in [5.74, 6) is -0.0401. The van der Waals surface area contributed by atoms with E-state index in [1.54, 1.807) is 23.1 Å². The van der Waals surface area contributed by atoms with Crippen LogP contribution in [0.4, 0.5) is 5.69 Å². The predicted molar refractivity (Wildman–Crippen MR) is 73.3 cm³/mol. The van der Waals surface area contributed by atoms with Crippen molar-refractivity contribution >= 4 is 27.5 Å². The van der Waals surface area contributed by atoms with E-state index < -0.39 is 0 Å². The smallest absolute Gasteiger partial charge is 0.227 e. The lowest BCUT2D eigenvalue weighted by Gasteiger charge is -2.18. The van der Waals surface area contributed by atoms with Gasteiger partial charge in [-0.1, -0.05) is 11.2 Å². The van der Waals surface area contributed by atoms with Gasteiger partial charge in [0, 0.05) is 28.9 Å². The fourth-order valence-electron chi connectivity index (χ4n) is 2.14. The average Bonchev–Trinajstić information content (AvgIpc) is 2.77. The Morgan fingerprint density at radius 1 is 1.63 bits per heavy atom. The number of hydrogen-bond acceptors (Lipinski definition) is 3. The molecule has 0 saturated carbocycles. The number of carbonyl (C=O) groups excluding carboxylic acids is 1. The van der Waals surface area contributed by atoms with Crippen molar-refractivity contribution in [3.63, 3.8) is 0 Å². The zero-order valence-corrected chi connectivity index (χ0v) is 11.5. The SMILES string of the molecule is N#Cc1c(Br)cccc1N1CC(CN=[N+]=[N-])CC1=O. The Hall–Kier alpha value is -2.03. The molecule has 1 fully saturated rings. The average molecular weight is 320 g/mol. The molecule has 0 aliphatic carbocycles. The van der Waals surface area contributed by atoms with E-state index in [0.717, 1.165) is 0 Å². The highest BCUT2D eigenvalue weighted by molar-refractivity contribution is 9.10. The van der Waals surface area contributed by atoms with Crippen LogP contribution in [-0.2, 0) is 4.79 Å². The molecule has 1 heterocycles. The van der Waals surface area contributed by atoms with Crippen LogP contribution in [-0.4, -0.2) is 19.0 Å². The molecule has 1 aliphatic heterocycles. The predicted octanol–water partition coefficient (Wildman–Crippen LogP) is 2.98. The first kappa shape index (κ1) is 13.4. The summed E-state index contributed by atoms with van der Waals surface area (Å²) in [6, 6.07) is 7.39. The first-order valence-corrected chi connectivity index (χ1v) is 6.46. The highest BCUT2D eigenvalue weighted by Crippen LogP contribution is 2.31. The topological polar surface area (TPSA) is 92.9 Å². The number of anilines is 1. The Balaban J connectivity index is 2.28. The van der Waals surface area contributed by atoms with Crippen molar-refractivity contribution in [1.29, 1.82) is 5.26 Å². The summed E-state index contributed by atoms with van der Waals surface area (Å²) in [4.78, 5) is 16.3. The van der Waals surface area contributed by atoms with E-state index in [1.807, 2.05) is 0 Å². The second-order valence-corrected chi connectivity index (χ2v) is 5.09. The molecule has 1 atom stereocenters. The third-order valence-electron chi connectivity index (χ3n) is 3.00. The molecule has 96 valence electrons. The number of amides is 1. The molecule has 6 nitrogen and oxygen atoms in total. The third-order valence-corrected chi connectivity index (χ3v) is 3.66. The van der Waals surface area contributed by atoms with Gasteiger partial charge in [0.2, 0.25) is 5.91 Å². The Labute approximate surface area is 118 Å². The van der Waals surface area contributed by atoms with Crippen LogP contribution in [0.5, 0.6) is 0 Å². The number of carbonyl (C=O) groups is 1. The first-order valence-electron chi connectivity index (χ1n) is 5.67. The molecule has 0 radical (unpaired) electrons. The molecule has 1 aromatic carbocycles. The standard InChI is InChI=1S/C12H10BrN5O/c13-10-2-1-3-11(9(10)5-14)18-7-8(4-12(18)19)6-16-17-15/h1-3,8H,4,6-7H2. The van der Waals surface area contributed by atoms with Crippen molar-refractivity contribution in [2.45, 2.75) is 6.42 Å². The van der Waals surface area contributed by atoms with E-state index in [9.17, 15) is 4.79 Å². The van der Waals surface area contributed by atoms with E-state index in [4.69, 9.17) is 10.8 Å². The van der Waals surface area contributed by atoms with Crippen LogP contribution in [0, 0.1) is 17.2 Å². The normalized spacial score (nSPS) is 18.0. The summed E-state index contributed by atoms with van der Waals surface area (Å²) in [5, 5.41) is 12.7.